The van der Waals surface area contributed by atoms with Crippen LogP contribution in [-0.4, -0.2) is 26.5 Å². The van der Waals surface area contributed by atoms with Gasteiger partial charge in [0.15, 0.2) is 0 Å². The molecule has 4 heteroatoms. The van der Waals surface area contributed by atoms with Crippen LogP contribution in [0, 0.1) is 17.8 Å². The van der Waals surface area contributed by atoms with Crippen LogP contribution in [0.25, 0.3) is 0 Å². The zero-order chi connectivity index (χ0) is 18.7. The van der Waals surface area contributed by atoms with Crippen LogP contribution in [0.3, 0.4) is 0 Å². The highest BCUT2D eigenvalue weighted by atomic mass is 79.9. The molecule has 0 aliphatic heterocycles. The predicted octanol–water partition coefficient (Wildman–Crippen LogP) is 6.18. The van der Waals surface area contributed by atoms with Crippen molar-refractivity contribution in [2.24, 2.45) is 17.8 Å². The molecule has 1 aromatic rings. The standard InChI is InChI=1S/C22H33OSi.BrH.Mg/c1-21(2,3)24(4,5)23-20-9-7-6-8-19(20)22-13-16-10-17(14-22)12-18(11-16)15-22;;/h7-9,16-18H,10-15H2,1-5H3;1H;/q;;+1/p-1. The Morgan fingerprint density at radius 2 is 1.58 bits per heavy atom. The predicted molar refractivity (Wildman–Crippen MR) is 118 cm³/mol. The van der Waals surface area contributed by atoms with E-state index in [4.69, 9.17) is 4.43 Å². The van der Waals surface area contributed by atoms with Crippen LogP contribution in [0.2, 0.25) is 18.1 Å². The van der Waals surface area contributed by atoms with Gasteiger partial charge in [0.1, 0.15) is 5.75 Å². The van der Waals surface area contributed by atoms with Crippen molar-refractivity contribution in [2.75, 3.05) is 0 Å². The lowest BCUT2D eigenvalue weighted by molar-refractivity contribution is -0.00582. The van der Waals surface area contributed by atoms with Crippen LogP contribution >= 0.6 is 12.9 Å². The SMILES string of the molecule is CC(C)(C)[Si](C)(C)Oc1cc[c]([Mg][Br])cc1C12CC3CC(CC(C3)C1)C2. The third-order valence-electron chi connectivity index (χ3n) is 7.98. The van der Waals surface area contributed by atoms with Gasteiger partial charge in [-0.15, -0.1) is 0 Å². The molecular weight excluding hydrogens is 413 g/mol. The first-order valence-corrected chi connectivity index (χ1v) is 18.0. The molecule has 0 spiro atoms. The molecule has 4 fully saturated rings. The van der Waals surface area contributed by atoms with Crippen molar-refractivity contribution in [1.82, 2.24) is 0 Å². The van der Waals surface area contributed by atoms with Gasteiger partial charge in [-0.25, -0.2) is 0 Å². The number of benzene rings is 1. The zero-order valence-electron chi connectivity index (χ0n) is 17.2. The molecular formula is C22H33BrMgOSi. The molecule has 0 heterocycles. The van der Waals surface area contributed by atoms with E-state index in [9.17, 15) is 0 Å². The molecule has 0 amide bonds. The van der Waals surface area contributed by atoms with Crippen molar-refractivity contribution in [3.8, 4) is 5.75 Å². The zero-order valence-corrected chi connectivity index (χ0v) is 21.2. The van der Waals surface area contributed by atoms with Crippen LogP contribution < -0.4 is 8.12 Å². The van der Waals surface area contributed by atoms with Gasteiger partial charge in [-0.05, 0) is 91.5 Å². The lowest BCUT2D eigenvalue weighted by Gasteiger charge is -2.57. The van der Waals surface area contributed by atoms with Crippen molar-refractivity contribution < 1.29 is 4.43 Å². The van der Waals surface area contributed by atoms with Gasteiger partial charge in [0.2, 0.25) is 8.32 Å². The quantitative estimate of drug-likeness (QED) is 0.503. The van der Waals surface area contributed by atoms with Crippen LogP contribution in [0.1, 0.15) is 64.9 Å². The van der Waals surface area contributed by atoms with Crippen LogP contribution in [0.5, 0.6) is 5.75 Å². The summed E-state index contributed by atoms with van der Waals surface area (Å²) in [5, 5.41) is 0.245. The molecule has 1 nitrogen and oxygen atoms in total. The fourth-order valence-corrected chi connectivity index (χ4v) is 8.60. The summed E-state index contributed by atoms with van der Waals surface area (Å²) in [6, 6.07) is 7.21. The largest absolute Gasteiger partial charge is 0.543 e. The Hall–Kier alpha value is 0.483. The highest BCUT2D eigenvalue weighted by molar-refractivity contribution is 9.23. The van der Waals surface area contributed by atoms with Gasteiger partial charge < -0.3 is 4.43 Å². The summed E-state index contributed by atoms with van der Waals surface area (Å²) in [5.41, 5.74) is 2.00. The van der Waals surface area contributed by atoms with Gasteiger partial charge in [0.25, 0.3) is 0 Å². The summed E-state index contributed by atoms with van der Waals surface area (Å²) in [6.07, 6.45) is 8.76. The summed E-state index contributed by atoms with van der Waals surface area (Å²) >= 11 is 3.51. The molecule has 0 saturated heterocycles. The van der Waals surface area contributed by atoms with E-state index in [-0.39, 0.29) is 23.2 Å². The third-order valence-corrected chi connectivity index (χ3v) is 15.0. The minimum absolute atomic E-state index is 0.245. The van der Waals surface area contributed by atoms with E-state index in [0.29, 0.717) is 5.41 Å². The fraction of sp³-hybridized carbons (Fsp3) is 0.727. The molecule has 0 radical (unpaired) electrons. The fourth-order valence-electron chi connectivity index (χ4n) is 6.03. The van der Waals surface area contributed by atoms with Crippen molar-refractivity contribution >= 4 is 43.1 Å². The van der Waals surface area contributed by atoms with Gasteiger partial charge in [-0.1, -0.05) is 32.9 Å². The van der Waals surface area contributed by atoms with Crippen LogP contribution in [0.4, 0.5) is 0 Å². The molecule has 140 valence electrons. The highest BCUT2D eigenvalue weighted by Crippen LogP contribution is 2.62. The number of rotatable bonds is 4. The van der Waals surface area contributed by atoms with Gasteiger partial charge in [0, 0.05) is 0 Å². The van der Waals surface area contributed by atoms with Crippen molar-refractivity contribution in [3.63, 3.8) is 0 Å². The molecule has 26 heavy (non-hydrogen) atoms. The second-order valence-electron chi connectivity index (χ2n) is 11.0. The molecule has 0 aromatic heterocycles. The molecule has 1 aromatic carbocycles. The topological polar surface area (TPSA) is 9.23 Å². The van der Waals surface area contributed by atoms with Crippen molar-refractivity contribution in [3.05, 3.63) is 23.8 Å². The summed E-state index contributed by atoms with van der Waals surface area (Å²) in [5.74, 6) is 4.17. The molecule has 5 rings (SSSR count). The van der Waals surface area contributed by atoms with Crippen LogP contribution in [-0.2, 0) is 5.41 Å². The number of hydrogen-bond acceptors (Lipinski definition) is 1. The maximum absolute atomic E-state index is 6.93. The Morgan fingerprint density at radius 3 is 2.04 bits per heavy atom. The van der Waals surface area contributed by atoms with E-state index in [1.165, 1.54) is 44.3 Å². The Morgan fingerprint density at radius 1 is 1.04 bits per heavy atom. The molecule has 0 atom stereocenters. The van der Waals surface area contributed by atoms with Gasteiger partial charge in [-0.2, -0.15) is 3.69 Å². The molecule has 4 aliphatic carbocycles. The molecule has 4 aliphatic rings. The maximum atomic E-state index is 6.93. The minimum atomic E-state index is -1.82. The second-order valence-corrected chi connectivity index (χ2v) is 18.5. The van der Waals surface area contributed by atoms with Crippen molar-refractivity contribution in [2.45, 2.75) is 82.8 Å². The summed E-state index contributed by atoms with van der Waals surface area (Å²) in [4.78, 5) is 0. The number of hydrogen-bond donors (Lipinski definition) is 0. The monoisotopic (exact) mass is 444 g/mol. The smallest absolute Gasteiger partial charge is 0.506 e. The average Bonchev–Trinajstić information content (AvgIpc) is 2.52. The average molecular weight is 446 g/mol. The lowest BCUT2D eigenvalue weighted by Crippen LogP contribution is -2.50. The van der Waals surface area contributed by atoms with Gasteiger partial charge in [0.05, 0.1) is 0 Å². The Labute approximate surface area is 176 Å². The third kappa shape index (κ3) is 3.46. The Kier molecular flexibility index (Phi) is 5.16. The van der Waals surface area contributed by atoms with Crippen molar-refractivity contribution in [1.29, 1.82) is 0 Å². The maximum Gasteiger partial charge on any atom is 0.506 e. The summed E-state index contributed by atoms with van der Waals surface area (Å²) in [6.45, 7) is 11.8. The first-order valence-electron chi connectivity index (χ1n) is 10.5. The van der Waals surface area contributed by atoms with E-state index in [1.807, 2.05) is 0 Å². The normalized spacial score (nSPS) is 33.2. The summed E-state index contributed by atoms with van der Waals surface area (Å²) in [7, 11) is -1.82. The Bertz CT molecular complexity index is 659. The van der Waals surface area contributed by atoms with Gasteiger partial charge >= 0.3 is 18.2 Å². The minimum Gasteiger partial charge on any atom is -0.543 e. The first-order chi connectivity index (χ1) is 12.1. The second kappa shape index (κ2) is 6.77. The highest BCUT2D eigenvalue weighted by Gasteiger charge is 2.53. The van der Waals surface area contributed by atoms with E-state index >= 15 is 0 Å². The lowest BCUT2D eigenvalue weighted by atomic mass is 9.48. The van der Waals surface area contributed by atoms with E-state index in [2.05, 4.69) is 64.9 Å². The summed E-state index contributed by atoms with van der Waals surface area (Å²) < 4.78 is 8.47. The molecule has 4 saturated carbocycles. The Balaban J connectivity index is 1.75. The first kappa shape index (κ1) is 19.8. The van der Waals surface area contributed by atoms with Gasteiger partial charge in [-0.3, -0.25) is 12.9 Å². The van der Waals surface area contributed by atoms with E-state index in [1.54, 1.807) is 9.26 Å². The van der Waals surface area contributed by atoms with E-state index in [0.717, 1.165) is 17.8 Å². The van der Waals surface area contributed by atoms with E-state index < -0.39 is 8.32 Å². The number of halogens is 1. The molecule has 0 unspecified atom stereocenters. The van der Waals surface area contributed by atoms with Crippen LogP contribution in [0.15, 0.2) is 18.2 Å². The molecule has 0 N–H and O–H groups in total. The molecule has 4 bridgehead atoms.